The quantitative estimate of drug-likeness (QED) is 0.805. The molecule has 2 N–H and O–H groups in total. The molecule has 22 heavy (non-hydrogen) atoms. The molecule has 0 spiro atoms. The summed E-state index contributed by atoms with van der Waals surface area (Å²) < 4.78 is 5.28. The van der Waals surface area contributed by atoms with Crippen LogP contribution in [0.25, 0.3) is 0 Å². The molecule has 2 rings (SSSR count). The van der Waals surface area contributed by atoms with Crippen LogP contribution >= 0.6 is 0 Å². The van der Waals surface area contributed by atoms with Crippen LogP contribution in [0.4, 0.5) is 0 Å². The largest absolute Gasteiger partial charge is 0.394 e. The number of aliphatic hydroxyl groups excluding tert-OH is 1. The van der Waals surface area contributed by atoms with Crippen LogP contribution in [-0.4, -0.2) is 60.9 Å². The van der Waals surface area contributed by atoms with Gasteiger partial charge in [0, 0.05) is 31.6 Å². The van der Waals surface area contributed by atoms with E-state index in [-0.39, 0.29) is 23.5 Å². The zero-order valence-corrected chi connectivity index (χ0v) is 14.4. The van der Waals surface area contributed by atoms with Crippen LogP contribution in [0.3, 0.4) is 0 Å². The van der Waals surface area contributed by atoms with Crippen molar-refractivity contribution in [1.29, 1.82) is 0 Å². The molecule has 5 nitrogen and oxygen atoms in total. The van der Waals surface area contributed by atoms with Crippen molar-refractivity contribution in [3.05, 3.63) is 0 Å². The van der Waals surface area contributed by atoms with Gasteiger partial charge in [0.1, 0.15) is 0 Å². The molecule has 2 aliphatic rings. The van der Waals surface area contributed by atoms with Crippen LogP contribution in [-0.2, 0) is 9.53 Å². The summed E-state index contributed by atoms with van der Waals surface area (Å²) in [6.45, 7) is 10.3. The number of aliphatic hydroxyl groups is 1. The Balaban J connectivity index is 1.84. The summed E-state index contributed by atoms with van der Waals surface area (Å²) >= 11 is 0. The van der Waals surface area contributed by atoms with Gasteiger partial charge in [0.2, 0.25) is 5.91 Å². The van der Waals surface area contributed by atoms with Crippen LogP contribution in [0, 0.1) is 11.3 Å². The molecular weight excluding hydrogens is 280 g/mol. The fourth-order valence-corrected chi connectivity index (χ4v) is 4.46. The molecule has 1 aliphatic carbocycles. The Morgan fingerprint density at radius 1 is 1.32 bits per heavy atom. The van der Waals surface area contributed by atoms with Crippen LogP contribution < -0.4 is 5.32 Å². The molecule has 1 saturated carbocycles. The molecule has 0 aromatic rings. The molecule has 1 amide bonds. The van der Waals surface area contributed by atoms with Gasteiger partial charge >= 0.3 is 0 Å². The molecule has 2 atom stereocenters. The second kappa shape index (κ2) is 7.28. The highest BCUT2D eigenvalue weighted by Crippen LogP contribution is 2.43. The topological polar surface area (TPSA) is 61.8 Å². The van der Waals surface area contributed by atoms with Gasteiger partial charge in [-0.3, -0.25) is 4.79 Å². The lowest BCUT2D eigenvalue weighted by Crippen LogP contribution is -2.56. The molecule has 5 heteroatoms. The van der Waals surface area contributed by atoms with E-state index in [0.717, 1.165) is 12.8 Å². The average Bonchev–Trinajstić information content (AvgIpc) is 2.46. The number of amides is 1. The molecule has 0 aromatic heterocycles. The Bertz CT molecular complexity index is 380. The van der Waals surface area contributed by atoms with Crippen molar-refractivity contribution < 1.29 is 14.6 Å². The third-order valence-corrected chi connectivity index (χ3v) is 4.96. The lowest BCUT2D eigenvalue weighted by atomic mass is 9.64. The molecule has 0 bridgehead atoms. The van der Waals surface area contributed by atoms with Crippen LogP contribution in [0.15, 0.2) is 0 Å². The Kier molecular flexibility index (Phi) is 5.86. The van der Waals surface area contributed by atoms with Gasteiger partial charge in [-0.25, -0.2) is 0 Å². The average molecular weight is 312 g/mol. The lowest BCUT2D eigenvalue weighted by Gasteiger charge is -2.47. The number of nitrogens with one attached hydrogen (secondary N) is 1. The summed E-state index contributed by atoms with van der Waals surface area (Å²) in [5.74, 6) is 0.783. The van der Waals surface area contributed by atoms with Crippen LogP contribution in [0.2, 0.25) is 0 Å². The first-order valence-electron chi connectivity index (χ1n) is 8.57. The first kappa shape index (κ1) is 17.7. The van der Waals surface area contributed by atoms with E-state index in [1.807, 2.05) is 4.90 Å². The normalized spacial score (nSPS) is 32.0. The maximum absolute atomic E-state index is 12.2. The number of carbonyl (C=O) groups is 1. The van der Waals surface area contributed by atoms with Gasteiger partial charge in [-0.05, 0) is 30.6 Å². The second-order valence-corrected chi connectivity index (χ2v) is 7.96. The summed E-state index contributed by atoms with van der Waals surface area (Å²) in [7, 11) is 0. The molecule has 2 fully saturated rings. The van der Waals surface area contributed by atoms with E-state index in [1.165, 1.54) is 6.42 Å². The zero-order valence-electron chi connectivity index (χ0n) is 14.4. The SMILES string of the molecule is C[C@H]1CC(C)(C)C[C@](CO)(NCCC(=O)N2CCOCC2)C1. The van der Waals surface area contributed by atoms with Gasteiger partial charge in [0.05, 0.1) is 19.8 Å². The van der Waals surface area contributed by atoms with Crippen molar-refractivity contribution in [2.45, 2.75) is 52.0 Å². The minimum Gasteiger partial charge on any atom is -0.394 e. The predicted octanol–water partition coefficient (Wildman–Crippen LogP) is 1.40. The summed E-state index contributed by atoms with van der Waals surface area (Å²) in [6, 6.07) is 0. The first-order valence-corrected chi connectivity index (χ1v) is 8.57. The van der Waals surface area contributed by atoms with Crippen molar-refractivity contribution in [1.82, 2.24) is 10.2 Å². The molecule has 1 heterocycles. The van der Waals surface area contributed by atoms with E-state index in [9.17, 15) is 9.90 Å². The number of morpholine rings is 1. The predicted molar refractivity (Wildman–Crippen MR) is 86.6 cm³/mol. The summed E-state index contributed by atoms with van der Waals surface area (Å²) in [6.07, 6.45) is 3.64. The molecular formula is C17H32N2O3. The molecule has 1 saturated heterocycles. The molecule has 0 unspecified atom stereocenters. The third kappa shape index (κ3) is 4.67. The number of rotatable bonds is 5. The van der Waals surface area contributed by atoms with Gasteiger partial charge in [-0.1, -0.05) is 20.8 Å². The Hall–Kier alpha value is -0.650. The molecule has 0 radical (unpaired) electrons. The standard InChI is InChI=1S/C17H32N2O3/c1-14-10-16(2,3)12-17(11-14,13-20)18-5-4-15(21)19-6-8-22-9-7-19/h14,18,20H,4-13H2,1-3H3/t14-,17+/m0/s1. The lowest BCUT2D eigenvalue weighted by molar-refractivity contribution is -0.135. The van der Waals surface area contributed by atoms with Gasteiger partial charge in [0.25, 0.3) is 0 Å². The summed E-state index contributed by atoms with van der Waals surface area (Å²) in [5, 5.41) is 13.4. The van der Waals surface area contributed by atoms with E-state index in [2.05, 4.69) is 26.1 Å². The van der Waals surface area contributed by atoms with Gasteiger partial charge in [-0.15, -0.1) is 0 Å². The number of ether oxygens (including phenoxy) is 1. The smallest absolute Gasteiger partial charge is 0.224 e. The highest BCUT2D eigenvalue weighted by molar-refractivity contribution is 5.76. The van der Waals surface area contributed by atoms with Gasteiger partial charge < -0.3 is 20.1 Å². The Morgan fingerprint density at radius 2 is 2.00 bits per heavy atom. The van der Waals surface area contributed by atoms with E-state index in [0.29, 0.717) is 45.2 Å². The van der Waals surface area contributed by atoms with E-state index >= 15 is 0 Å². The monoisotopic (exact) mass is 312 g/mol. The highest BCUT2D eigenvalue weighted by atomic mass is 16.5. The number of hydrogen-bond acceptors (Lipinski definition) is 4. The third-order valence-electron chi connectivity index (χ3n) is 4.96. The van der Waals surface area contributed by atoms with Crippen LogP contribution in [0.5, 0.6) is 0 Å². The molecule has 1 aliphatic heterocycles. The van der Waals surface area contributed by atoms with E-state index < -0.39 is 0 Å². The van der Waals surface area contributed by atoms with E-state index in [4.69, 9.17) is 4.74 Å². The number of hydrogen-bond donors (Lipinski definition) is 2. The fraction of sp³-hybridized carbons (Fsp3) is 0.941. The van der Waals surface area contributed by atoms with Gasteiger partial charge in [-0.2, -0.15) is 0 Å². The van der Waals surface area contributed by atoms with Crippen molar-refractivity contribution in [2.24, 2.45) is 11.3 Å². The van der Waals surface area contributed by atoms with Crippen molar-refractivity contribution >= 4 is 5.91 Å². The van der Waals surface area contributed by atoms with Crippen molar-refractivity contribution in [3.63, 3.8) is 0 Å². The first-order chi connectivity index (χ1) is 10.4. The minimum atomic E-state index is -0.230. The molecule has 128 valence electrons. The van der Waals surface area contributed by atoms with Gasteiger partial charge in [0.15, 0.2) is 0 Å². The zero-order chi connectivity index (χ0) is 16.2. The van der Waals surface area contributed by atoms with Crippen LogP contribution in [0.1, 0.15) is 46.5 Å². The fourth-order valence-electron chi connectivity index (χ4n) is 4.46. The second-order valence-electron chi connectivity index (χ2n) is 7.96. The molecule has 0 aromatic carbocycles. The Morgan fingerprint density at radius 3 is 2.59 bits per heavy atom. The highest BCUT2D eigenvalue weighted by Gasteiger charge is 2.42. The Labute approximate surface area is 134 Å². The number of nitrogens with zero attached hydrogens (tertiary/aromatic N) is 1. The summed E-state index contributed by atoms with van der Waals surface area (Å²) in [4.78, 5) is 14.1. The maximum Gasteiger partial charge on any atom is 0.224 e. The maximum atomic E-state index is 12.2. The van der Waals surface area contributed by atoms with Crippen molar-refractivity contribution in [3.8, 4) is 0 Å². The van der Waals surface area contributed by atoms with Crippen molar-refractivity contribution in [2.75, 3.05) is 39.5 Å². The summed E-state index contributed by atoms with van der Waals surface area (Å²) in [5.41, 5.74) is 0.00801. The number of carbonyl (C=O) groups excluding carboxylic acids is 1. The minimum absolute atomic E-state index is 0.145. The van der Waals surface area contributed by atoms with E-state index in [1.54, 1.807) is 0 Å².